The van der Waals surface area contributed by atoms with E-state index in [4.69, 9.17) is 13.6 Å². The Morgan fingerprint density at radius 1 is 1.00 bits per heavy atom. The third-order valence-corrected chi connectivity index (χ3v) is 3.87. The molecule has 0 heterocycles. The maximum absolute atomic E-state index is 12.1. The molecule has 0 aromatic rings. The predicted octanol–water partition coefficient (Wildman–Crippen LogP) is 3.76. The lowest BCUT2D eigenvalue weighted by molar-refractivity contribution is 0.0626. The van der Waals surface area contributed by atoms with Crippen LogP contribution in [0, 0.1) is 0 Å². The maximum atomic E-state index is 12.1. The lowest BCUT2D eigenvalue weighted by Gasteiger charge is -2.23. The monoisotopic (exact) mass is 238 g/mol. The summed E-state index contributed by atoms with van der Waals surface area (Å²) in [5.41, 5.74) is 0. The topological polar surface area (TPSA) is 44.8 Å². The van der Waals surface area contributed by atoms with E-state index in [-0.39, 0.29) is 12.2 Å². The Balaban J connectivity index is 4.37. The summed E-state index contributed by atoms with van der Waals surface area (Å²) in [6.07, 6.45) is 1.32. The zero-order valence-electron chi connectivity index (χ0n) is 10.4. The number of hydrogen-bond donors (Lipinski definition) is 0. The molecule has 0 aromatic carbocycles. The molecule has 0 spiro atoms. The van der Waals surface area contributed by atoms with E-state index >= 15 is 0 Å². The van der Waals surface area contributed by atoms with Gasteiger partial charge < -0.3 is 0 Å². The highest BCUT2D eigenvalue weighted by atomic mass is 31.2. The average Bonchev–Trinajstić information content (AvgIpc) is 2.17. The molecular weight excluding hydrogens is 215 g/mol. The van der Waals surface area contributed by atoms with Crippen molar-refractivity contribution in [1.82, 2.24) is 0 Å². The molecule has 4 nitrogen and oxygen atoms in total. The van der Waals surface area contributed by atoms with Gasteiger partial charge in [-0.25, -0.2) is 4.57 Å². The molecule has 0 saturated heterocycles. The van der Waals surface area contributed by atoms with E-state index in [1.807, 2.05) is 27.7 Å². The Morgan fingerprint density at radius 3 is 1.67 bits per heavy atom. The van der Waals surface area contributed by atoms with Crippen LogP contribution < -0.4 is 0 Å². The first-order chi connectivity index (χ1) is 6.97. The Labute approximate surface area is 92.9 Å². The smallest absolute Gasteiger partial charge is 0.287 e. The molecule has 0 fully saturated rings. The molecule has 0 aromatic heterocycles. The summed E-state index contributed by atoms with van der Waals surface area (Å²) in [5.74, 6) is 0. The summed E-state index contributed by atoms with van der Waals surface area (Å²) < 4.78 is 27.8. The van der Waals surface area contributed by atoms with Crippen LogP contribution in [0.1, 0.15) is 47.5 Å². The van der Waals surface area contributed by atoms with Crippen LogP contribution in [-0.4, -0.2) is 18.8 Å². The van der Waals surface area contributed by atoms with Gasteiger partial charge in [-0.15, -0.1) is 0 Å². The first-order valence-corrected chi connectivity index (χ1v) is 7.04. The minimum absolute atomic E-state index is 0.119. The molecule has 5 heteroatoms. The standard InChI is InChI=1S/C10H23O4P/c1-6-9(4)13-15(11,12-8-3)14-10(5)7-2/h9-10H,6-8H2,1-5H3/t9-,10-/m0/s1. The predicted molar refractivity (Wildman–Crippen MR) is 60.9 cm³/mol. The van der Waals surface area contributed by atoms with Gasteiger partial charge in [0.15, 0.2) is 0 Å². The second kappa shape index (κ2) is 7.39. The Kier molecular flexibility index (Phi) is 7.45. The summed E-state index contributed by atoms with van der Waals surface area (Å²) in [4.78, 5) is 0. The molecule has 0 bridgehead atoms. The van der Waals surface area contributed by atoms with E-state index in [9.17, 15) is 4.57 Å². The molecule has 0 aliphatic carbocycles. The lowest BCUT2D eigenvalue weighted by Crippen LogP contribution is -2.13. The Morgan fingerprint density at radius 2 is 1.40 bits per heavy atom. The van der Waals surface area contributed by atoms with Gasteiger partial charge in [-0.1, -0.05) is 13.8 Å². The van der Waals surface area contributed by atoms with E-state index in [1.54, 1.807) is 6.92 Å². The van der Waals surface area contributed by atoms with Gasteiger partial charge in [-0.05, 0) is 33.6 Å². The molecule has 2 atom stereocenters. The number of rotatable bonds is 8. The van der Waals surface area contributed by atoms with E-state index < -0.39 is 7.82 Å². The van der Waals surface area contributed by atoms with Crippen molar-refractivity contribution < 1.29 is 18.1 Å². The number of phosphoric acid groups is 1. The molecule has 15 heavy (non-hydrogen) atoms. The Hall–Kier alpha value is 0.110. The summed E-state index contributed by atoms with van der Waals surface area (Å²) >= 11 is 0. The molecule has 92 valence electrons. The number of phosphoric ester groups is 1. The van der Waals surface area contributed by atoms with Gasteiger partial charge in [-0.2, -0.15) is 0 Å². The number of hydrogen-bond acceptors (Lipinski definition) is 4. The zero-order valence-corrected chi connectivity index (χ0v) is 11.3. The SMILES string of the molecule is CCOP(=O)(O[C@@H](C)CC)O[C@@H](C)CC. The summed E-state index contributed by atoms with van der Waals surface area (Å²) in [5, 5.41) is 0. The van der Waals surface area contributed by atoms with Gasteiger partial charge in [0.2, 0.25) is 0 Å². The van der Waals surface area contributed by atoms with Gasteiger partial charge in [0.25, 0.3) is 0 Å². The highest BCUT2D eigenvalue weighted by molar-refractivity contribution is 7.48. The van der Waals surface area contributed by atoms with Crippen LogP contribution in [0.3, 0.4) is 0 Å². The molecular formula is C10H23O4P. The first-order valence-electron chi connectivity index (χ1n) is 5.58. The molecule has 0 aliphatic heterocycles. The average molecular weight is 238 g/mol. The molecule has 0 amide bonds. The van der Waals surface area contributed by atoms with E-state index in [2.05, 4.69) is 0 Å². The molecule has 0 rings (SSSR count). The van der Waals surface area contributed by atoms with Gasteiger partial charge >= 0.3 is 7.82 Å². The van der Waals surface area contributed by atoms with Crippen LogP contribution in [0.25, 0.3) is 0 Å². The quantitative estimate of drug-likeness (QED) is 0.604. The fourth-order valence-corrected chi connectivity index (χ4v) is 2.50. The zero-order chi connectivity index (χ0) is 11.9. The van der Waals surface area contributed by atoms with E-state index in [1.165, 1.54) is 0 Å². The van der Waals surface area contributed by atoms with E-state index in [0.29, 0.717) is 6.61 Å². The molecule has 0 saturated carbocycles. The fourth-order valence-electron chi connectivity index (χ4n) is 0.834. The van der Waals surface area contributed by atoms with Crippen molar-refractivity contribution in [1.29, 1.82) is 0 Å². The lowest BCUT2D eigenvalue weighted by atomic mass is 10.3. The van der Waals surface area contributed by atoms with Crippen LogP contribution in [0.4, 0.5) is 0 Å². The van der Waals surface area contributed by atoms with Crippen molar-refractivity contribution in [3.63, 3.8) is 0 Å². The molecule has 0 N–H and O–H groups in total. The van der Waals surface area contributed by atoms with Gasteiger partial charge in [0.05, 0.1) is 18.8 Å². The van der Waals surface area contributed by atoms with Crippen molar-refractivity contribution in [2.75, 3.05) is 6.61 Å². The second-order valence-corrected chi connectivity index (χ2v) is 5.09. The molecule has 0 unspecified atom stereocenters. The normalized spacial score (nSPS) is 16.3. The van der Waals surface area contributed by atoms with Gasteiger partial charge in [-0.3, -0.25) is 13.6 Å². The first kappa shape index (κ1) is 15.1. The van der Waals surface area contributed by atoms with E-state index in [0.717, 1.165) is 12.8 Å². The fraction of sp³-hybridized carbons (Fsp3) is 1.00. The second-order valence-electron chi connectivity index (χ2n) is 3.51. The third-order valence-electron chi connectivity index (χ3n) is 2.06. The van der Waals surface area contributed by atoms with Crippen LogP contribution >= 0.6 is 7.82 Å². The maximum Gasteiger partial charge on any atom is 0.475 e. The largest absolute Gasteiger partial charge is 0.475 e. The Bertz CT molecular complexity index is 192. The van der Waals surface area contributed by atoms with Crippen LogP contribution in [0.15, 0.2) is 0 Å². The molecule has 0 radical (unpaired) electrons. The van der Waals surface area contributed by atoms with Crippen LogP contribution in [0.2, 0.25) is 0 Å². The van der Waals surface area contributed by atoms with Crippen molar-refractivity contribution in [2.45, 2.75) is 59.7 Å². The highest BCUT2D eigenvalue weighted by Crippen LogP contribution is 2.52. The van der Waals surface area contributed by atoms with Crippen LogP contribution in [-0.2, 0) is 18.1 Å². The minimum Gasteiger partial charge on any atom is -0.287 e. The van der Waals surface area contributed by atoms with Gasteiger partial charge in [0.1, 0.15) is 0 Å². The summed E-state index contributed by atoms with van der Waals surface area (Å²) in [6.45, 7) is 9.72. The summed E-state index contributed by atoms with van der Waals surface area (Å²) in [6, 6.07) is 0. The van der Waals surface area contributed by atoms with Crippen molar-refractivity contribution in [2.24, 2.45) is 0 Å². The van der Waals surface area contributed by atoms with Crippen molar-refractivity contribution in [3.05, 3.63) is 0 Å². The van der Waals surface area contributed by atoms with Crippen molar-refractivity contribution >= 4 is 7.82 Å². The minimum atomic E-state index is -3.36. The van der Waals surface area contributed by atoms with Gasteiger partial charge in [0, 0.05) is 0 Å². The van der Waals surface area contributed by atoms with Crippen molar-refractivity contribution in [3.8, 4) is 0 Å². The third kappa shape index (κ3) is 6.31. The summed E-state index contributed by atoms with van der Waals surface area (Å²) in [7, 11) is -3.36. The molecule has 0 aliphatic rings. The van der Waals surface area contributed by atoms with Crippen LogP contribution in [0.5, 0.6) is 0 Å². The highest BCUT2D eigenvalue weighted by Gasteiger charge is 2.30.